The molecule has 0 bridgehead atoms. The zero-order chi connectivity index (χ0) is 17.9. The van der Waals surface area contributed by atoms with Crippen molar-refractivity contribution in [1.29, 1.82) is 0 Å². The lowest BCUT2D eigenvalue weighted by Crippen LogP contribution is -2.46. The molecule has 0 radical (unpaired) electrons. The van der Waals surface area contributed by atoms with Crippen LogP contribution in [0.15, 0.2) is 18.2 Å². The maximum absolute atomic E-state index is 14.1. The first-order valence-electron chi connectivity index (χ1n) is 7.84. The summed E-state index contributed by atoms with van der Waals surface area (Å²) in [5, 5.41) is 13.5. The summed E-state index contributed by atoms with van der Waals surface area (Å²) < 4.78 is 19.3. The number of carbonyl (C=O) groups excluding carboxylic acids is 1. The lowest BCUT2D eigenvalue weighted by molar-refractivity contribution is -0.385. The molecule has 1 amide bonds. The summed E-state index contributed by atoms with van der Waals surface area (Å²) in [4.78, 5) is 23.6. The number of carbonyl (C=O) groups is 1. The Kier molecular flexibility index (Phi) is 5.26. The summed E-state index contributed by atoms with van der Waals surface area (Å²) in [5.41, 5.74) is -0.471. The molecule has 24 heavy (non-hydrogen) atoms. The largest absolute Gasteiger partial charge is 0.444 e. The number of benzene rings is 1. The van der Waals surface area contributed by atoms with Crippen molar-refractivity contribution < 1.29 is 18.8 Å². The second-order valence-electron chi connectivity index (χ2n) is 6.80. The lowest BCUT2D eigenvalue weighted by atomic mass is 10.0. The minimum atomic E-state index is -0.621. The molecule has 1 aliphatic rings. The molecule has 1 saturated heterocycles. The van der Waals surface area contributed by atoms with Crippen molar-refractivity contribution in [3.8, 4) is 0 Å². The van der Waals surface area contributed by atoms with E-state index in [1.54, 1.807) is 20.8 Å². The number of anilines is 1. The van der Waals surface area contributed by atoms with Crippen molar-refractivity contribution in [1.82, 2.24) is 5.32 Å². The van der Waals surface area contributed by atoms with E-state index in [-0.39, 0.29) is 11.7 Å². The Morgan fingerprint density at radius 2 is 2.00 bits per heavy atom. The third kappa shape index (κ3) is 4.81. The van der Waals surface area contributed by atoms with Crippen LogP contribution in [0, 0.1) is 15.9 Å². The summed E-state index contributed by atoms with van der Waals surface area (Å²) in [6, 6.07) is 3.62. The van der Waals surface area contributed by atoms with Gasteiger partial charge in [-0.15, -0.1) is 0 Å². The Morgan fingerprint density at radius 3 is 2.50 bits per heavy atom. The number of hydrogen-bond acceptors (Lipinski definition) is 5. The van der Waals surface area contributed by atoms with Crippen molar-refractivity contribution in [3.05, 3.63) is 34.1 Å². The smallest absolute Gasteiger partial charge is 0.407 e. The molecule has 2 rings (SSSR count). The van der Waals surface area contributed by atoms with Gasteiger partial charge in [0.1, 0.15) is 5.60 Å². The van der Waals surface area contributed by atoms with Crippen LogP contribution in [0.3, 0.4) is 0 Å². The van der Waals surface area contributed by atoms with Crippen molar-refractivity contribution in [3.63, 3.8) is 0 Å². The quantitative estimate of drug-likeness (QED) is 0.675. The molecule has 0 saturated carbocycles. The van der Waals surface area contributed by atoms with Crippen LogP contribution < -0.4 is 10.2 Å². The van der Waals surface area contributed by atoms with Gasteiger partial charge in [-0.2, -0.15) is 0 Å². The van der Waals surface area contributed by atoms with Gasteiger partial charge < -0.3 is 15.0 Å². The molecular formula is C16H22FN3O4. The van der Waals surface area contributed by atoms with Gasteiger partial charge in [0.05, 0.1) is 16.7 Å². The number of alkyl carbamates (subject to hydrolysis) is 1. The summed E-state index contributed by atoms with van der Waals surface area (Å²) in [6.07, 6.45) is 0.841. The number of nitro benzene ring substituents is 1. The van der Waals surface area contributed by atoms with E-state index in [4.69, 9.17) is 4.74 Å². The Bertz CT molecular complexity index is 622. The van der Waals surface area contributed by atoms with E-state index in [0.717, 1.165) is 6.07 Å². The van der Waals surface area contributed by atoms with Crippen molar-refractivity contribution in [2.45, 2.75) is 45.3 Å². The van der Waals surface area contributed by atoms with Crippen LogP contribution >= 0.6 is 0 Å². The summed E-state index contributed by atoms with van der Waals surface area (Å²) in [7, 11) is 0. The Balaban J connectivity index is 1.91. The number of piperidine rings is 1. The van der Waals surface area contributed by atoms with Crippen molar-refractivity contribution in [2.24, 2.45) is 0 Å². The molecule has 132 valence electrons. The second kappa shape index (κ2) is 7.02. The van der Waals surface area contributed by atoms with E-state index in [2.05, 4.69) is 5.32 Å². The highest BCUT2D eigenvalue weighted by molar-refractivity contribution is 5.68. The number of nitrogens with one attached hydrogen (secondary N) is 1. The maximum atomic E-state index is 14.1. The van der Waals surface area contributed by atoms with E-state index < -0.39 is 22.4 Å². The zero-order valence-electron chi connectivity index (χ0n) is 14.0. The number of rotatable bonds is 3. The topological polar surface area (TPSA) is 84.7 Å². The van der Waals surface area contributed by atoms with Gasteiger partial charge in [0.15, 0.2) is 5.82 Å². The fourth-order valence-electron chi connectivity index (χ4n) is 2.60. The number of ether oxygens (including phenoxy) is 1. The van der Waals surface area contributed by atoms with Gasteiger partial charge in [-0.3, -0.25) is 10.1 Å². The van der Waals surface area contributed by atoms with Gasteiger partial charge in [-0.25, -0.2) is 9.18 Å². The summed E-state index contributed by atoms with van der Waals surface area (Å²) in [6.45, 7) is 6.50. The highest BCUT2D eigenvalue weighted by Gasteiger charge is 2.25. The van der Waals surface area contributed by atoms with E-state index in [1.807, 2.05) is 4.90 Å². The third-order valence-corrected chi connectivity index (χ3v) is 3.70. The predicted molar refractivity (Wildman–Crippen MR) is 87.7 cm³/mol. The number of nitro groups is 1. The van der Waals surface area contributed by atoms with Crippen molar-refractivity contribution >= 4 is 17.5 Å². The standard InChI is InChI=1S/C16H22FN3O4/c1-16(2,3)24-15(21)18-11-6-8-19(9-7-11)14-5-4-12(20(22)23)10-13(14)17/h4-5,10-11H,6-9H2,1-3H3,(H,18,21). The molecule has 8 heteroatoms. The van der Waals surface area contributed by atoms with Gasteiger partial charge in [0.25, 0.3) is 5.69 Å². The molecule has 1 aromatic rings. The van der Waals surface area contributed by atoms with Gasteiger partial charge >= 0.3 is 6.09 Å². The molecule has 0 aliphatic carbocycles. The normalized spacial score (nSPS) is 15.9. The van der Waals surface area contributed by atoms with Gasteiger partial charge in [-0.1, -0.05) is 0 Å². The van der Waals surface area contributed by atoms with E-state index in [1.165, 1.54) is 12.1 Å². The molecule has 1 N–H and O–H groups in total. The van der Waals surface area contributed by atoms with Gasteiger partial charge in [0, 0.05) is 25.2 Å². The molecule has 1 aliphatic heterocycles. The van der Waals surface area contributed by atoms with Crippen LogP contribution in [0.2, 0.25) is 0 Å². The Hall–Kier alpha value is -2.38. The molecule has 1 heterocycles. The highest BCUT2D eigenvalue weighted by atomic mass is 19.1. The highest BCUT2D eigenvalue weighted by Crippen LogP contribution is 2.26. The van der Waals surface area contributed by atoms with Gasteiger partial charge in [0.2, 0.25) is 0 Å². The maximum Gasteiger partial charge on any atom is 0.407 e. The Morgan fingerprint density at radius 1 is 1.38 bits per heavy atom. The molecule has 1 fully saturated rings. The van der Waals surface area contributed by atoms with E-state index in [9.17, 15) is 19.3 Å². The molecule has 1 aromatic carbocycles. The minimum Gasteiger partial charge on any atom is -0.444 e. The average Bonchev–Trinajstić information content (AvgIpc) is 2.46. The Labute approximate surface area is 139 Å². The van der Waals surface area contributed by atoms with Gasteiger partial charge in [-0.05, 0) is 39.7 Å². The number of hydrogen-bond donors (Lipinski definition) is 1. The summed E-state index contributed by atoms with van der Waals surface area (Å²) in [5.74, 6) is -0.609. The number of nitrogens with zero attached hydrogens (tertiary/aromatic N) is 2. The third-order valence-electron chi connectivity index (χ3n) is 3.70. The fourth-order valence-corrected chi connectivity index (χ4v) is 2.60. The molecular weight excluding hydrogens is 317 g/mol. The van der Waals surface area contributed by atoms with Crippen molar-refractivity contribution in [2.75, 3.05) is 18.0 Å². The van der Waals surface area contributed by atoms with Crippen LogP contribution in [0.1, 0.15) is 33.6 Å². The monoisotopic (exact) mass is 339 g/mol. The first-order chi connectivity index (χ1) is 11.2. The number of halogens is 1. The molecule has 0 spiro atoms. The first kappa shape index (κ1) is 18.0. The van der Waals surface area contributed by atoms with Crippen LogP contribution in [0.25, 0.3) is 0 Å². The number of amides is 1. The number of non-ortho nitro benzene ring substituents is 1. The fraction of sp³-hybridized carbons (Fsp3) is 0.562. The van der Waals surface area contributed by atoms with E-state index >= 15 is 0 Å². The molecule has 0 aromatic heterocycles. The van der Waals surface area contributed by atoms with Crippen LogP contribution in [-0.2, 0) is 4.74 Å². The predicted octanol–water partition coefficient (Wildman–Crippen LogP) is 3.23. The SMILES string of the molecule is CC(C)(C)OC(=O)NC1CCN(c2ccc([N+](=O)[O-])cc2F)CC1. The van der Waals surface area contributed by atoms with Crippen LogP contribution in [-0.4, -0.2) is 35.7 Å². The average molecular weight is 339 g/mol. The van der Waals surface area contributed by atoms with E-state index in [0.29, 0.717) is 31.6 Å². The molecule has 0 unspecified atom stereocenters. The molecule has 0 atom stereocenters. The van der Waals surface area contributed by atoms with Crippen LogP contribution in [0.5, 0.6) is 0 Å². The zero-order valence-corrected chi connectivity index (χ0v) is 14.0. The van der Waals surface area contributed by atoms with Crippen LogP contribution in [0.4, 0.5) is 20.6 Å². The minimum absolute atomic E-state index is 0.0304. The summed E-state index contributed by atoms with van der Waals surface area (Å²) >= 11 is 0. The second-order valence-corrected chi connectivity index (χ2v) is 6.80. The first-order valence-corrected chi connectivity index (χ1v) is 7.84. The molecule has 7 nitrogen and oxygen atoms in total. The lowest BCUT2D eigenvalue weighted by Gasteiger charge is -2.34.